The van der Waals surface area contributed by atoms with E-state index in [2.05, 4.69) is 0 Å². The summed E-state index contributed by atoms with van der Waals surface area (Å²) in [4.78, 5) is 10.1. The summed E-state index contributed by atoms with van der Waals surface area (Å²) in [6, 6.07) is 2.88. The second-order valence-corrected chi connectivity index (χ2v) is 3.19. The van der Waals surface area contributed by atoms with Gasteiger partial charge >= 0.3 is 5.69 Å². The van der Waals surface area contributed by atoms with Crippen molar-refractivity contribution in [1.29, 1.82) is 0 Å². The second-order valence-electron chi connectivity index (χ2n) is 3.19. The molecule has 6 heteroatoms. The van der Waals surface area contributed by atoms with Gasteiger partial charge in [0.05, 0.1) is 11.5 Å². The second kappa shape index (κ2) is 5.32. The molecule has 0 fully saturated rings. The molecule has 0 aliphatic carbocycles. The number of rotatable bonds is 5. The summed E-state index contributed by atoms with van der Waals surface area (Å²) in [5.41, 5.74) is 5.70. The Bertz CT molecular complexity index is 393. The number of nitrogens with zero attached hydrogens (tertiary/aromatic N) is 1. The molecule has 6 nitrogen and oxygen atoms in total. The van der Waals surface area contributed by atoms with Crippen LogP contribution in [0.25, 0.3) is 0 Å². The van der Waals surface area contributed by atoms with Gasteiger partial charge in [-0.15, -0.1) is 0 Å². The molecule has 0 spiro atoms. The van der Waals surface area contributed by atoms with Crippen molar-refractivity contribution in [3.05, 3.63) is 27.8 Å². The minimum atomic E-state index is -0.641. The van der Waals surface area contributed by atoms with Crippen molar-refractivity contribution in [2.75, 3.05) is 13.2 Å². The number of nitro benzene ring substituents is 1. The normalized spacial score (nSPS) is 10.1. The fraction of sp³-hybridized carbons (Fsp3) is 0.400. The molecule has 0 bridgehead atoms. The lowest BCUT2D eigenvalue weighted by atomic mass is 10.1. The number of nitro groups is 1. The topological polar surface area (TPSA) is 98.6 Å². The van der Waals surface area contributed by atoms with Crippen molar-refractivity contribution in [1.82, 2.24) is 0 Å². The van der Waals surface area contributed by atoms with E-state index < -0.39 is 10.7 Å². The average Bonchev–Trinajstić information content (AvgIpc) is 2.23. The molecular weight excluding hydrogens is 212 g/mol. The van der Waals surface area contributed by atoms with Crippen molar-refractivity contribution in [3.8, 4) is 11.5 Å². The van der Waals surface area contributed by atoms with Gasteiger partial charge in [0.2, 0.25) is 5.75 Å². The Balaban J connectivity index is 3.21. The lowest BCUT2D eigenvalue weighted by molar-refractivity contribution is -0.386. The average molecular weight is 226 g/mol. The molecule has 0 radical (unpaired) electrons. The standard InChI is InChI=1S/C10H14N2O4/c1-2-16-9-6-7(3-4-11)5-8(10(9)13)12(14)15/h5-6,13H,2-4,11H2,1H3. The number of aromatic hydroxyl groups is 1. The highest BCUT2D eigenvalue weighted by molar-refractivity contribution is 5.57. The fourth-order valence-corrected chi connectivity index (χ4v) is 1.36. The molecule has 1 aromatic rings. The van der Waals surface area contributed by atoms with Crippen LogP contribution in [-0.4, -0.2) is 23.2 Å². The van der Waals surface area contributed by atoms with Crippen LogP contribution in [0.2, 0.25) is 0 Å². The third-order valence-electron chi connectivity index (χ3n) is 2.04. The highest BCUT2D eigenvalue weighted by Crippen LogP contribution is 2.37. The smallest absolute Gasteiger partial charge is 0.314 e. The third-order valence-corrected chi connectivity index (χ3v) is 2.04. The van der Waals surface area contributed by atoms with Crippen LogP contribution in [0, 0.1) is 10.1 Å². The van der Waals surface area contributed by atoms with Crippen LogP contribution in [0.3, 0.4) is 0 Å². The van der Waals surface area contributed by atoms with Gasteiger partial charge in [0.1, 0.15) is 0 Å². The SMILES string of the molecule is CCOc1cc(CCN)cc([N+](=O)[O-])c1O. The van der Waals surface area contributed by atoms with Gasteiger partial charge < -0.3 is 15.6 Å². The summed E-state index contributed by atoms with van der Waals surface area (Å²) in [5, 5.41) is 20.3. The molecule has 0 heterocycles. The number of nitrogens with two attached hydrogens (primary N) is 1. The molecule has 88 valence electrons. The van der Waals surface area contributed by atoms with E-state index in [0.717, 1.165) is 0 Å². The van der Waals surface area contributed by atoms with Crippen molar-refractivity contribution >= 4 is 5.69 Å². The molecule has 0 amide bonds. The molecule has 1 rings (SSSR count). The van der Waals surface area contributed by atoms with Crippen LogP contribution in [0.1, 0.15) is 12.5 Å². The van der Waals surface area contributed by atoms with E-state index in [0.29, 0.717) is 25.1 Å². The summed E-state index contributed by atoms with van der Waals surface area (Å²) in [6.07, 6.45) is 0.501. The summed E-state index contributed by atoms with van der Waals surface area (Å²) < 4.78 is 5.12. The molecule has 16 heavy (non-hydrogen) atoms. The third kappa shape index (κ3) is 2.60. The molecule has 0 aliphatic rings. The predicted molar refractivity (Wildman–Crippen MR) is 58.7 cm³/mol. The Hall–Kier alpha value is -1.82. The van der Waals surface area contributed by atoms with Gasteiger partial charge in [-0.3, -0.25) is 10.1 Å². The molecule has 0 aliphatic heterocycles. The van der Waals surface area contributed by atoms with Gasteiger partial charge in [-0.25, -0.2) is 0 Å². The van der Waals surface area contributed by atoms with Crippen molar-refractivity contribution in [2.24, 2.45) is 5.73 Å². The molecule has 3 N–H and O–H groups in total. The molecule has 0 aromatic heterocycles. The minimum Gasteiger partial charge on any atom is -0.500 e. The maximum absolute atomic E-state index is 10.7. The predicted octanol–water partition coefficient (Wildman–Crippen LogP) is 1.20. The monoisotopic (exact) mass is 226 g/mol. The summed E-state index contributed by atoms with van der Waals surface area (Å²) in [6.45, 7) is 2.45. The zero-order chi connectivity index (χ0) is 12.1. The maximum Gasteiger partial charge on any atom is 0.314 e. The van der Waals surface area contributed by atoms with Crippen LogP contribution in [0.15, 0.2) is 12.1 Å². The van der Waals surface area contributed by atoms with Crippen LogP contribution in [0.4, 0.5) is 5.69 Å². The van der Waals surface area contributed by atoms with E-state index in [1.165, 1.54) is 6.07 Å². The fourth-order valence-electron chi connectivity index (χ4n) is 1.36. The van der Waals surface area contributed by atoms with Gasteiger partial charge in [0, 0.05) is 6.07 Å². The van der Waals surface area contributed by atoms with Crippen molar-refractivity contribution < 1.29 is 14.8 Å². The highest BCUT2D eigenvalue weighted by Gasteiger charge is 2.19. The van der Waals surface area contributed by atoms with Gasteiger partial charge in [0.15, 0.2) is 5.75 Å². The Morgan fingerprint density at radius 3 is 2.75 bits per heavy atom. The summed E-state index contributed by atoms with van der Waals surface area (Å²) in [7, 11) is 0. The van der Waals surface area contributed by atoms with E-state index in [4.69, 9.17) is 10.5 Å². The van der Waals surface area contributed by atoms with Crippen molar-refractivity contribution in [2.45, 2.75) is 13.3 Å². The molecule has 0 atom stereocenters. The number of phenolic OH excluding ortho intramolecular Hbond substituents is 1. The van der Waals surface area contributed by atoms with Crippen LogP contribution in [-0.2, 0) is 6.42 Å². The molecule has 0 unspecified atom stereocenters. The first-order chi connectivity index (χ1) is 7.60. The first kappa shape index (κ1) is 12.3. The highest BCUT2D eigenvalue weighted by atomic mass is 16.6. The van der Waals surface area contributed by atoms with E-state index in [1.807, 2.05) is 0 Å². The maximum atomic E-state index is 10.7. The first-order valence-corrected chi connectivity index (χ1v) is 4.93. The largest absolute Gasteiger partial charge is 0.500 e. The number of hydrogen-bond donors (Lipinski definition) is 2. The molecule has 0 saturated heterocycles. The number of ether oxygens (including phenoxy) is 1. The molecule has 0 saturated carbocycles. The van der Waals surface area contributed by atoms with Gasteiger partial charge in [-0.05, 0) is 31.5 Å². The Morgan fingerprint density at radius 2 is 2.25 bits per heavy atom. The first-order valence-electron chi connectivity index (χ1n) is 4.93. The van der Waals surface area contributed by atoms with Gasteiger partial charge in [0.25, 0.3) is 0 Å². The lowest BCUT2D eigenvalue weighted by Crippen LogP contribution is -2.04. The number of phenols is 1. The molecule has 1 aromatic carbocycles. The number of hydrogen-bond acceptors (Lipinski definition) is 5. The van der Waals surface area contributed by atoms with Gasteiger partial charge in [-0.1, -0.05) is 0 Å². The van der Waals surface area contributed by atoms with Gasteiger partial charge in [-0.2, -0.15) is 0 Å². The minimum absolute atomic E-state index is 0.125. The van der Waals surface area contributed by atoms with E-state index >= 15 is 0 Å². The molecular formula is C10H14N2O4. The Morgan fingerprint density at radius 1 is 1.56 bits per heavy atom. The van der Waals surface area contributed by atoms with Crippen LogP contribution < -0.4 is 10.5 Å². The van der Waals surface area contributed by atoms with Crippen molar-refractivity contribution in [3.63, 3.8) is 0 Å². The summed E-state index contributed by atoms with van der Waals surface area (Å²) >= 11 is 0. The number of benzene rings is 1. The quantitative estimate of drug-likeness (QED) is 0.580. The van der Waals surface area contributed by atoms with Crippen LogP contribution in [0.5, 0.6) is 11.5 Å². The van der Waals surface area contributed by atoms with Crippen LogP contribution >= 0.6 is 0 Å². The Kier molecular flexibility index (Phi) is 4.07. The summed E-state index contributed by atoms with van der Waals surface area (Å²) in [5.74, 6) is -0.312. The Labute approximate surface area is 92.8 Å². The zero-order valence-electron chi connectivity index (χ0n) is 8.97. The van der Waals surface area contributed by atoms with E-state index in [-0.39, 0.29) is 11.4 Å². The lowest BCUT2D eigenvalue weighted by Gasteiger charge is -2.08. The van der Waals surface area contributed by atoms with E-state index in [9.17, 15) is 15.2 Å². The zero-order valence-corrected chi connectivity index (χ0v) is 8.97. The van der Waals surface area contributed by atoms with E-state index in [1.54, 1.807) is 13.0 Å².